The van der Waals surface area contributed by atoms with Crippen molar-refractivity contribution in [3.63, 3.8) is 0 Å². The summed E-state index contributed by atoms with van der Waals surface area (Å²) in [6, 6.07) is 29.6. The summed E-state index contributed by atoms with van der Waals surface area (Å²) >= 11 is 21.2. The number of halogens is 6. The molecule has 0 saturated heterocycles. The lowest BCUT2D eigenvalue weighted by atomic mass is 10.0. The summed E-state index contributed by atoms with van der Waals surface area (Å²) in [6.45, 7) is 0.294. The summed E-state index contributed by atoms with van der Waals surface area (Å²) in [5.41, 5.74) is 4.16. The van der Waals surface area contributed by atoms with Gasteiger partial charge in [0.2, 0.25) is 11.8 Å². The topological polar surface area (TPSA) is 194 Å². The van der Waals surface area contributed by atoms with Gasteiger partial charge in [0, 0.05) is 25.9 Å². The molecule has 4 aliphatic heterocycles. The normalized spacial score (nSPS) is 15.5. The number of phenols is 2. The minimum atomic E-state index is -1.14. The van der Waals surface area contributed by atoms with Gasteiger partial charge in [0.1, 0.15) is 25.3 Å². The summed E-state index contributed by atoms with van der Waals surface area (Å²) in [4.78, 5) is 54.3. The van der Waals surface area contributed by atoms with E-state index < -0.39 is 36.1 Å². The van der Waals surface area contributed by atoms with Crippen LogP contribution in [-0.4, -0.2) is 59.4 Å². The van der Waals surface area contributed by atoms with Gasteiger partial charge in [-0.15, -0.1) is 0 Å². The van der Waals surface area contributed by atoms with Crippen molar-refractivity contribution >= 4 is 120 Å². The fraction of sp³-hybridized carbons (Fsp3) is 0.200. The van der Waals surface area contributed by atoms with E-state index in [0.717, 1.165) is 16.7 Å². The summed E-state index contributed by atoms with van der Waals surface area (Å²) in [7, 11) is 0. The molecule has 6 aromatic rings. The van der Waals surface area contributed by atoms with Crippen LogP contribution in [0, 0.1) is 0 Å². The molecule has 10 rings (SSSR count). The van der Waals surface area contributed by atoms with E-state index in [2.05, 4.69) is 117 Å². The molecule has 0 fully saturated rings. The fourth-order valence-corrected chi connectivity index (χ4v) is 11.0. The van der Waals surface area contributed by atoms with Crippen LogP contribution >= 0.6 is 95.6 Å². The van der Waals surface area contributed by atoms with E-state index >= 15 is 0 Å². The number of ether oxygens (including phenoxy) is 4. The number of carbonyl (C=O) groups excluding carboxylic acids is 4. The molecule has 4 heterocycles. The standard InChI is InChI=1S/C50H42Br6N4O10/c51-33-15-30-12-14-58-47(63)39(59-49(65)67-25-27-7-3-1-4-8-27)21-31-19-37(55)46(38(56)20-31)70-42-24-32(18-34(52)44(42)62)22-40(60-50(66)68-26-28-9-5-2-6-10-28)48(64)57-13-11-29-16-35(53)45(36(54)17-29)69-41(23-30)43(33)61/h1-10,15-20,23-24,39-40,61-62H,11-14,21-22,25-26H2,(H,57,64)(H,58,63)(H,59,65)(H,60,66)/t39-,40-/m0/s1. The van der Waals surface area contributed by atoms with Gasteiger partial charge in [0.25, 0.3) is 0 Å². The second-order valence-electron chi connectivity index (χ2n) is 15.8. The Morgan fingerprint density at radius 3 is 1.30 bits per heavy atom. The van der Waals surface area contributed by atoms with Gasteiger partial charge < -0.3 is 50.4 Å². The van der Waals surface area contributed by atoms with Crippen molar-refractivity contribution in [1.82, 2.24) is 21.3 Å². The molecule has 6 aromatic carbocycles. The third-order valence-electron chi connectivity index (χ3n) is 10.7. The number of hydrogen-bond donors (Lipinski definition) is 6. The van der Waals surface area contributed by atoms with Crippen LogP contribution in [0.1, 0.15) is 33.4 Å². The van der Waals surface area contributed by atoms with Gasteiger partial charge in [-0.05, 0) is 190 Å². The first-order valence-corrected chi connectivity index (χ1v) is 26.2. The zero-order chi connectivity index (χ0) is 49.9. The number of hydrogen-bond acceptors (Lipinski definition) is 10. The molecule has 0 aromatic heterocycles. The molecular weight excluding hydrogens is 1300 g/mol. The zero-order valence-electron chi connectivity index (χ0n) is 36.6. The highest BCUT2D eigenvalue weighted by molar-refractivity contribution is 9.11. The lowest BCUT2D eigenvalue weighted by Gasteiger charge is -2.21. The van der Waals surface area contributed by atoms with E-state index in [9.17, 15) is 29.4 Å². The lowest BCUT2D eigenvalue weighted by molar-refractivity contribution is -0.123. The van der Waals surface area contributed by atoms with E-state index in [1.807, 2.05) is 72.8 Å². The molecule has 0 saturated carbocycles. The van der Waals surface area contributed by atoms with Crippen LogP contribution in [0.15, 0.2) is 136 Å². The maximum atomic E-state index is 14.0. The van der Waals surface area contributed by atoms with E-state index in [4.69, 9.17) is 18.9 Å². The van der Waals surface area contributed by atoms with Crippen LogP contribution in [0.2, 0.25) is 0 Å². The van der Waals surface area contributed by atoms with Gasteiger partial charge in [-0.1, -0.05) is 60.7 Å². The number of nitrogens with one attached hydrogen (secondary N) is 4. The van der Waals surface area contributed by atoms with Crippen molar-refractivity contribution in [3.8, 4) is 34.5 Å². The Morgan fingerprint density at radius 2 is 0.871 bits per heavy atom. The third kappa shape index (κ3) is 14.5. The van der Waals surface area contributed by atoms with Crippen LogP contribution in [-0.2, 0) is 58.0 Å². The summed E-state index contributed by atoms with van der Waals surface area (Å²) in [5, 5.41) is 33.6. The van der Waals surface area contributed by atoms with Crippen molar-refractivity contribution in [3.05, 3.63) is 169 Å². The summed E-state index contributed by atoms with van der Waals surface area (Å²) in [5.74, 6) is -0.569. The van der Waals surface area contributed by atoms with Crippen molar-refractivity contribution in [2.45, 2.75) is 51.0 Å². The number of aromatic hydroxyl groups is 2. The number of rotatable bonds is 6. The Bertz CT molecular complexity index is 2850. The second kappa shape index (κ2) is 24.8. The Morgan fingerprint density at radius 1 is 0.529 bits per heavy atom. The van der Waals surface area contributed by atoms with Crippen LogP contribution in [0.25, 0.3) is 0 Å². The average molecular weight is 1340 g/mol. The van der Waals surface area contributed by atoms with Crippen LogP contribution < -0.4 is 30.7 Å². The highest BCUT2D eigenvalue weighted by Gasteiger charge is 2.27. The smallest absolute Gasteiger partial charge is 0.408 e. The van der Waals surface area contributed by atoms with Gasteiger partial charge in [-0.2, -0.15) is 0 Å². The van der Waals surface area contributed by atoms with Crippen molar-refractivity contribution < 1.29 is 48.3 Å². The number of amides is 4. The molecule has 0 aliphatic carbocycles. The predicted octanol–water partition coefficient (Wildman–Crippen LogP) is 12.0. The zero-order valence-corrected chi connectivity index (χ0v) is 46.1. The Balaban J connectivity index is 1.21. The first-order valence-electron chi connectivity index (χ1n) is 21.4. The number of alkyl carbamates (subject to hydrolysis) is 2. The first kappa shape index (κ1) is 52.7. The molecule has 20 heteroatoms. The second-order valence-corrected chi connectivity index (χ2v) is 21.0. The fourth-order valence-electron chi connectivity index (χ4n) is 7.18. The Labute approximate surface area is 453 Å². The molecule has 14 nitrogen and oxygen atoms in total. The molecule has 0 unspecified atom stereocenters. The quantitative estimate of drug-likeness (QED) is 0.0935. The molecular formula is C50H42Br6N4O10. The highest BCUT2D eigenvalue weighted by Crippen LogP contribution is 2.45. The molecule has 2 atom stereocenters. The average Bonchev–Trinajstić information content (AvgIpc) is 3.32. The summed E-state index contributed by atoms with van der Waals surface area (Å²) in [6.07, 6.45) is -0.946. The van der Waals surface area contributed by atoms with E-state index in [0.29, 0.717) is 57.6 Å². The minimum absolute atomic E-state index is 0.0165. The number of benzene rings is 6. The largest absolute Gasteiger partial charge is 0.503 e. The Kier molecular flexibility index (Phi) is 18.7. The molecule has 8 bridgehead atoms. The minimum Gasteiger partial charge on any atom is -0.503 e. The van der Waals surface area contributed by atoms with Gasteiger partial charge in [-0.25, -0.2) is 9.59 Å². The van der Waals surface area contributed by atoms with Gasteiger partial charge in [-0.3, -0.25) is 9.59 Å². The number of phenolic OH excluding ortho intramolecular Hbond substituents is 2. The van der Waals surface area contributed by atoms with Crippen molar-refractivity contribution in [2.75, 3.05) is 13.1 Å². The van der Waals surface area contributed by atoms with Crippen LogP contribution in [0.4, 0.5) is 9.59 Å². The molecule has 0 radical (unpaired) electrons. The molecule has 4 amide bonds. The third-order valence-corrected chi connectivity index (χ3v) is 14.2. The highest BCUT2D eigenvalue weighted by atomic mass is 79.9. The maximum absolute atomic E-state index is 14.0. The monoisotopic (exact) mass is 1330 g/mol. The van der Waals surface area contributed by atoms with E-state index in [-0.39, 0.29) is 72.4 Å². The maximum Gasteiger partial charge on any atom is 0.408 e. The van der Waals surface area contributed by atoms with E-state index in [1.165, 1.54) is 0 Å². The predicted molar refractivity (Wildman–Crippen MR) is 283 cm³/mol. The van der Waals surface area contributed by atoms with Crippen LogP contribution in [0.5, 0.6) is 34.5 Å². The lowest BCUT2D eigenvalue weighted by Crippen LogP contribution is -2.48. The van der Waals surface area contributed by atoms with Crippen molar-refractivity contribution in [2.24, 2.45) is 0 Å². The SMILES string of the molecule is O=C(N[C@H]1Cc2cc(Br)c(c(Br)c2)Oc2cc(cc(Br)c2O)C[C@H](NC(=O)OCc2ccccc2)C(=O)NCCc2cc(Br)c(c(Br)c2)Oc2cc(cc(Br)c2O)CCNC1=O)OCc1ccccc1. The van der Waals surface area contributed by atoms with Gasteiger partial charge in [0.15, 0.2) is 34.5 Å². The molecule has 6 N–H and O–H groups in total. The molecule has 364 valence electrons. The molecule has 4 aliphatic rings. The Hall–Kier alpha value is -5.12. The van der Waals surface area contributed by atoms with Crippen molar-refractivity contribution in [1.29, 1.82) is 0 Å². The summed E-state index contributed by atoms with van der Waals surface area (Å²) < 4.78 is 26.1. The van der Waals surface area contributed by atoms with E-state index in [1.54, 1.807) is 36.4 Å². The van der Waals surface area contributed by atoms with Gasteiger partial charge in [0.05, 0.1) is 26.8 Å². The first-order chi connectivity index (χ1) is 33.6. The van der Waals surface area contributed by atoms with Crippen LogP contribution in [0.3, 0.4) is 0 Å². The number of carbonyl (C=O) groups is 4. The molecule has 70 heavy (non-hydrogen) atoms. The molecule has 0 spiro atoms. The van der Waals surface area contributed by atoms with Gasteiger partial charge >= 0.3 is 12.2 Å².